The predicted octanol–water partition coefficient (Wildman–Crippen LogP) is 0.667. The van der Waals surface area contributed by atoms with Crippen molar-refractivity contribution in [3.63, 3.8) is 0 Å². The van der Waals surface area contributed by atoms with Gasteiger partial charge >= 0.3 is 12.1 Å². The van der Waals surface area contributed by atoms with Crippen LogP contribution < -0.4 is 9.47 Å². The minimum atomic E-state index is -1.26. The van der Waals surface area contributed by atoms with Crippen LogP contribution in [0.2, 0.25) is 0 Å². The molecule has 0 saturated carbocycles. The molecule has 2 rings (SSSR count). The van der Waals surface area contributed by atoms with Gasteiger partial charge in [-0.05, 0) is 30.5 Å². The van der Waals surface area contributed by atoms with Gasteiger partial charge in [0, 0.05) is 52.4 Å². The molecule has 0 bridgehead atoms. The number of amides is 3. The van der Waals surface area contributed by atoms with E-state index >= 15 is 0 Å². The number of ketones is 1. The molecular weight excluding hydrogens is 560 g/mol. The molecule has 0 aromatic heterocycles. The monoisotopic (exact) mass is 596 g/mol. The smallest absolute Gasteiger partial charge is 0.490 e. The first-order chi connectivity index (χ1) is 20.1. The van der Waals surface area contributed by atoms with Crippen LogP contribution in [0.1, 0.15) is 51.0 Å². The maximum atomic E-state index is 12.5. The Kier molecular flexibility index (Phi) is 14.9. The maximum absolute atomic E-state index is 12.5. The van der Waals surface area contributed by atoms with Gasteiger partial charge in [-0.1, -0.05) is 11.1 Å². The summed E-state index contributed by atoms with van der Waals surface area (Å²) in [7, 11) is 0. The molecule has 0 unspecified atom stereocenters. The first kappa shape index (κ1) is 34.1. The summed E-state index contributed by atoms with van der Waals surface area (Å²) in [6, 6.07) is 4.37. The normalized spacial score (nSPS) is 12.7. The van der Waals surface area contributed by atoms with Gasteiger partial charge in [0.15, 0.2) is 17.3 Å². The van der Waals surface area contributed by atoms with Gasteiger partial charge in [0.05, 0.1) is 26.4 Å². The van der Waals surface area contributed by atoms with Crippen molar-refractivity contribution in [1.29, 1.82) is 0 Å². The molecule has 1 aliphatic heterocycles. The van der Waals surface area contributed by atoms with Crippen LogP contribution in [0.15, 0.2) is 18.2 Å². The Labute approximate surface area is 242 Å². The number of ether oxygens (including phenoxy) is 4. The second kappa shape index (κ2) is 18.4. The lowest BCUT2D eigenvalue weighted by Crippen LogP contribution is -2.38. The molecule has 1 heterocycles. The van der Waals surface area contributed by atoms with Crippen LogP contribution in [0.4, 0.5) is 4.79 Å². The third-order valence-electron chi connectivity index (χ3n) is 5.65. The Morgan fingerprint density at radius 3 is 2.33 bits per heavy atom. The average Bonchev–Trinajstić information content (AvgIpc) is 3.26. The molecule has 232 valence electrons. The number of hydrogen-bond acceptors (Lipinski definition) is 13. The Morgan fingerprint density at radius 1 is 0.929 bits per heavy atom. The summed E-state index contributed by atoms with van der Waals surface area (Å²) in [5.74, 6) is -2.30. The molecule has 0 radical (unpaired) electrons. The second-order valence-electron chi connectivity index (χ2n) is 9.06. The van der Waals surface area contributed by atoms with Crippen molar-refractivity contribution in [2.45, 2.75) is 52.1 Å². The van der Waals surface area contributed by atoms with Gasteiger partial charge in [0.2, 0.25) is 5.91 Å². The van der Waals surface area contributed by atoms with E-state index in [9.17, 15) is 28.8 Å². The van der Waals surface area contributed by atoms with E-state index in [1.165, 1.54) is 30.0 Å². The molecule has 3 amide bonds. The Hall–Kier alpha value is -4.08. The van der Waals surface area contributed by atoms with E-state index in [-0.39, 0.29) is 101 Å². The van der Waals surface area contributed by atoms with E-state index in [1.807, 2.05) is 0 Å². The van der Waals surface area contributed by atoms with Gasteiger partial charge < -0.3 is 34.1 Å². The van der Waals surface area contributed by atoms with Crippen LogP contribution in [-0.2, 0) is 44.9 Å². The minimum absolute atomic E-state index is 0.0198. The Bertz CT molecular complexity index is 1090. The number of esters is 1. The van der Waals surface area contributed by atoms with Gasteiger partial charge in [0.25, 0.3) is 11.8 Å². The second-order valence-corrected chi connectivity index (χ2v) is 9.06. The van der Waals surface area contributed by atoms with Crippen molar-refractivity contribution in [3.8, 4) is 11.5 Å². The molecule has 1 aliphatic rings. The minimum Gasteiger partial charge on any atom is -0.490 e. The van der Waals surface area contributed by atoms with E-state index in [2.05, 4.69) is 4.84 Å². The highest BCUT2D eigenvalue weighted by atomic mass is 16.8. The third-order valence-corrected chi connectivity index (χ3v) is 5.65. The molecule has 1 aromatic rings. The number of rotatable bonds is 19. The van der Waals surface area contributed by atoms with E-state index in [0.29, 0.717) is 23.7 Å². The lowest BCUT2D eigenvalue weighted by Gasteiger charge is -2.22. The summed E-state index contributed by atoms with van der Waals surface area (Å²) in [6.07, 6.45) is -0.717. The summed E-state index contributed by atoms with van der Waals surface area (Å²) in [5.41, 5.74) is 0.409. The maximum Gasteiger partial charge on any atom is 0.534 e. The zero-order chi connectivity index (χ0) is 30.9. The number of nitrogens with zero attached hydrogens (tertiary/aromatic N) is 2. The molecule has 42 heavy (non-hydrogen) atoms. The van der Waals surface area contributed by atoms with Crippen LogP contribution >= 0.6 is 0 Å². The summed E-state index contributed by atoms with van der Waals surface area (Å²) >= 11 is 0. The Morgan fingerprint density at radius 2 is 1.67 bits per heavy atom. The van der Waals surface area contributed by atoms with Crippen molar-refractivity contribution in [1.82, 2.24) is 9.96 Å². The highest BCUT2D eigenvalue weighted by Crippen LogP contribution is 2.29. The largest absolute Gasteiger partial charge is 0.534 e. The Balaban J connectivity index is 1.88. The SMILES string of the molecule is CC(=O)Oc1ccc(COC(=O)ON2C(=O)CCC2=O)cc1OCCCC(=O)CN(CCOCCCO)C(=O)CCO. The quantitative estimate of drug-likeness (QED) is 0.0979. The van der Waals surface area contributed by atoms with Crippen molar-refractivity contribution < 1.29 is 62.8 Å². The first-order valence-corrected chi connectivity index (χ1v) is 13.4. The molecule has 0 spiro atoms. The number of carbonyl (C=O) groups is 6. The van der Waals surface area contributed by atoms with E-state index < -0.39 is 23.9 Å². The predicted molar refractivity (Wildman–Crippen MR) is 141 cm³/mol. The fraction of sp³-hybridized carbons (Fsp3) is 0.556. The zero-order valence-electron chi connectivity index (χ0n) is 23.4. The fourth-order valence-corrected chi connectivity index (χ4v) is 3.63. The molecule has 1 saturated heterocycles. The van der Waals surface area contributed by atoms with Crippen LogP contribution in [0.3, 0.4) is 0 Å². The van der Waals surface area contributed by atoms with Crippen LogP contribution in [-0.4, -0.2) is 102 Å². The van der Waals surface area contributed by atoms with Gasteiger partial charge in [0.1, 0.15) is 6.61 Å². The number of aliphatic hydroxyl groups excluding tert-OH is 2. The fourth-order valence-electron chi connectivity index (χ4n) is 3.63. The number of benzene rings is 1. The van der Waals surface area contributed by atoms with Gasteiger partial charge in [-0.15, -0.1) is 0 Å². The summed E-state index contributed by atoms with van der Waals surface area (Å²) in [6.45, 7) is 1.05. The number of imide groups is 1. The number of carbonyl (C=O) groups excluding carboxylic acids is 6. The van der Waals surface area contributed by atoms with E-state index in [1.54, 1.807) is 0 Å². The van der Waals surface area contributed by atoms with Crippen molar-refractivity contribution in [2.75, 3.05) is 46.1 Å². The molecule has 15 nitrogen and oxygen atoms in total. The number of hydrogen-bond donors (Lipinski definition) is 2. The van der Waals surface area contributed by atoms with Gasteiger partial charge in [-0.2, -0.15) is 0 Å². The van der Waals surface area contributed by atoms with E-state index in [4.69, 9.17) is 29.2 Å². The van der Waals surface area contributed by atoms with Gasteiger partial charge in [-0.25, -0.2) is 4.79 Å². The highest BCUT2D eigenvalue weighted by molar-refractivity contribution is 6.01. The van der Waals surface area contributed by atoms with Crippen molar-refractivity contribution in [2.24, 2.45) is 0 Å². The molecular formula is C27H36N2O13. The van der Waals surface area contributed by atoms with Crippen molar-refractivity contribution in [3.05, 3.63) is 23.8 Å². The molecule has 1 fully saturated rings. The van der Waals surface area contributed by atoms with Gasteiger partial charge in [-0.3, -0.25) is 28.8 Å². The van der Waals surface area contributed by atoms with E-state index in [0.717, 1.165) is 0 Å². The summed E-state index contributed by atoms with van der Waals surface area (Å²) < 4.78 is 21.1. The number of aliphatic hydroxyl groups is 2. The third kappa shape index (κ3) is 12.2. The summed E-state index contributed by atoms with van der Waals surface area (Å²) in [5, 5.41) is 18.2. The lowest BCUT2D eigenvalue weighted by atomic mass is 10.2. The molecule has 1 aromatic carbocycles. The summed E-state index contributed by atoms with van der Waals surface area (Å²) in [4.78, 5) is 77.3. The van der Waals surface area contributed by atoms with Crippen LogP contribution in [0.5, 0.6) is 11.5 Å². The standard InChI is InChI=1S/C27H36N2O13/c1-19(32)41-22-6-5-20(18-40-27(37)42-29-25(35)7-8-26(29)36)16-23(22)39-14-2-4-21(33)17-28(24(34)9-12-31)10-15-38-13-3-11-30/h5-6,16,30-31H,2-4,7-15,17-18H2,1H3. The molecule has 0 atom stereocenters. The molecule has 0 aliphatic carbocycles. The zero-order valence-corrected chi connectivity index (χ0v) is 23.4. The molecule has 2 N–H and O–H groups in total. The van der Waals surface area contributed by atoms with Crippen molar-refractivity contribution >= 4 is 35.6 Å². The lowest BCUT2D eigenvalue weighted by molar-refractivity contribution is -0.177. The number of Topliss-reactive ketones (excluding diaryl/α,β-unsaturated/α-hetero) is 1. The number of hydroxylamine groups is 2. The average molecular weight is 597 g/mol. The highest BCUT2D eigenvalue weighted by Gasteiger charge is 2.33. The topological polar surface area (TPSA) is 196 Å². The van der Waals surface area contributed by atoms with Crippen LogP contribution in [0.25, 0.3) is 0 Å². The van der Waals surface area contributed by atoms with Crippen LogP contribution in [0, 0.1) is 0 Å². The molecule has 15 heteroatoms. The first-order valence-electron chi connectivity index (χ1n) is 13.4.